The summed E-state index contributed by atoms with van der Waals surface area (Å²) in [5, 5.41) is 20.7. The molecule has 0 amide bonds. The van der Waals surface area contributed by atoms with E-state index in [1.54, 1.807) is 25.4 Å². The zero-order valence-electron chi connectivity index (χ0n) is 11.7. The van der Waals surface area contributed by atoms with Crippen LogP contribution in [0.4, 0.5) is 17.1 Å². The van der Waals surface area contributed by atoms with Gasteiger partial charge in [-0.25, -0.2) is 4.68 Å². The molecule has 0 radical (unpaired) electrons. The second-order valence-corrected chi connectivity index (χ2v) is 5.25. The van der Waals surface area contributed by atoms with Crippen LogP contribution in [0, 0.1) is 10.1 Å². The predicted molar refractivity (Wildman–Crippen MR) is 87.3 cm³/mol. The second kappa shape index (κ2) is 7.03. The van der Waals surface area contributed by atoms with Crippen LogP contribution >= 0.6 is 15.9 Å². The summed E-state index contributed by atoms with van der Waals surface area (Å²) >= 11 is 3.23. The van der Waals surface area contributed by atoms with E-state index in [9.17, 15) is 14.9 Å². The minimum atomic E-state index is -0.439. The Balaban J connectivity index is 1.86. The van der Waals surface area contributed by atoms with Crippen LogP contribution in [0.1, 0.15) is 0 Å². The van der Waals surface area contributed by atoms with Crippen LogP contribution in [0.15, 0.2) is 39.7 Å². The molecule has 0 saturated carbocycles. The standard InChI is InChI=1S/C13H14BrN5O3/c1-18-13(20)12(14)11(8-17-18)16-7-6-15-9-2-4-10(5-3-9)19(21)22/h2-5,8,15-16H,6-7H2,1H3. The number of anilines is 2. The van der Waals surface area contributed by atoms with E-state index >= 15 is 0 Å². The Morgan fingerprint density at radius 2 is 1.91 bits per heavy atom. The molecule has 0 atom stereocenters. The highest BCUT2D eigenvalue weighted by Crippen LogP contribution is 2.16. The molecule has 2 N–H and O–H groups in total. The molecule has 0 aliphatic heterocycles. The minimum Gasteiger partial charge on any atom is -0.383 e. The maximum absolute atomic E-state index is 11.7. The van der Waals surface area contributed by atoms with Crippen LogP contribution in [-0.4, -0.2) is 27.8 Å². The SMILES string of the molecule is Cn1ncc(NCCNc2ccc([N+](=O)[O-])cc2)c(Br)c1=O. The molecule has 9 heteroatoms. The highest BCUT2D eigenvalue weighted by molar-refractivity contribution is 9.10. The number of aryl methyl sites for hydroxylation is 1. The molecule has 0 spiro atoms. The molecule has 2 aromatic rings. The lowest BCUT2D eigenvalue weighted by atomic mass is 10.3. The van der Waals surface area contributed by atoms with Gasteiger partial charge in [-0.15, -0.1) is 0 Å². The monoisotopic (exact) mass is 367 g/mol. The Morgan fingerprint density at radius 1 is 1.27 bits per heavy atom. The summed E-state index contributed by atoms with van der Waals surface area (Å²) in [4.78, 5) is 21.8. The van der Waals surface area contributed by atoms with Crippen LogP contribution in [-0.2, 0) is 7.05 Å². The smallest absolute Gasteiger partial charge is 0.282 e. The molecule has 1 heterocycles. The van der Waals surface area contributed by atoms with Crippen LogP contribution in [0.25, 0.3) is 0 Å². The number of rotatable bonds is 6. The molecule has 0 aliphatic carbocycles. The number of nitrogens with zero attached hydrogens (tertiary/aromatic N) is 3. The maximum atomic E-state index is 11.7. The van der Waals surface area contributed by atoms with E-state index in [1.165, 1.54) is 16.8 Å². The van der Waals surface area contributed by atoms with Crippen molar-refractivity contribution in [1.29, 1.82) is 0 Å². The lowest BCUT2D eigenvalue weighted by Crippen LogP contribution is -2.22. The lowest BCUT2D eigenvalue weighted by molar-refractivity contribution is -0.384. The van der Waals surface area contributed by atoms with Gasteiger partial charge in [0.2, 0.25) is 0 Å². The van der Waals surface area contributed by atoms with Gasteiger partial charge >= 0.3 is 0 Å². The molecule has 116 valence electrons. The van der Waals surface area contributed by atoms with E-state index in [4.69, 9.17) is 0 Å². The van der Waals surface area contributed by atoms with Gasteiger partial charge in [0, 0.05) is 38.0 Å². The summed E-state index contributed by atoms with van der Waals surface area (Å²) in [6.45, 7) is 1.14. The van der Waals surface area contributed by atoms with Crippen molar-refractivity contribution in [2.45, 2.75) is 0 Å². The van der Waals surface area contributed by atoms with Crippen molar-refractivity contribution >= 4 is 33.0 Å². The van der Waals surface area contributed by atoms with Crippen LogP contribution in [0.5, 0.6) is 0 Å². The molecule has 0 unspecified atom stereocenters. The fraction of sp³-hybridized carbons (Fsp3) is 0.231. The van der Waals surface area contributed by atoms with Gasteiger partial charge < -0.3 is 10.6 Å². The van der Waals surface area contributed by atoms with Gasteiger partial charge in [0.05, 0.1) is 16.8 Å². The molecule has 22 heavy (non-hydrogen) atoms. The first-order valence-corrected chi connectivity index (χ1v) is 7.22. The van der Waals surface area contributed by atoms with E-state index in [-0.39, 0.29) is 11.2 Å². The summed E-state index contributed by atoms with van der Waals surface area (Å²) in [6.07, 6.45) is 1.57. The quantitative estimate of drug-likeness (QED) is 0.459. The molecule has 2 rings (SSSR count). The fourth-order valence-electron chi connectivity index (χ4n) is 1.74. The van der Waals surface area contributed by atoms with Crippen molar-refractivity contribution in [2.24, 2.45) is 7.05 Å². The maximum Gasteiger partial charge on any atom is 0.282 e. The first-order chi connectivity index (χ1) is 10.5. The van der Waals surface area contributed by atoms with Crippen molar-refractivity contribution in [1.82, 2.24) is 9.78 Å². The molecule has 0 fully saturated rings. The number of nitrogens with one attached hydrogen (secondary N) is 2. The molecule has 0 saturated heterocycles. The summed E-state index contributed by atoms with van der Waals surface area (Å²) in [5.74, 6) is 0. The van der Waals surface area contributed by atoms with Gasteiger partial charge in [-0.2, -0.15) is 5.10 Å². The van der Waals surface area contributed by atoms with Crippen LogP contribution in [0.3, 0.4) is 0 Å². The highest BCUT2D eigenvalue weighted by Gasteiger charge is 2.06. The summed E-state index contributed by atoms with van der Waals surface area (Å²) < 4.78 is 1.67. The molecule has 1 aromatic carbocycles. The third-order valence-corrected chi connectivity index (χ3v) is 3.69. The zero-order chi connectivity index (χ0) is 16.1. The Hall–Kier alpha value is -2.42. The van der Waals surface area contributed by atoms with Gasteiger partial charge in [-0.3, -0.25) is 14.9 Å². The Kier molecular flexibility index (Phi) is 5.10. The first kappa shape index (κ1) is 16.0. The molecule has 0 bridgehead atoms. The number of nitro benzene ring substituents is 1. The van der Waals surface area contributed by atoms with E-state index in [1.807, 2.05) is 0 Å². The molecular weight excluding hydrogens is 354 g/mol. The largest absolute Gasteiger partial charge is 0.383 e. The van der Waals surface area contributed by atoms with E-state index in [0.717, 1.165) is 5.69 Å². The molecular formula is C13H14BrN5O3. The van der Waals surface area contributed by atoms with E-state index < -0.39 is 4.92 Å². The topological polar surface area (TPSA) is 102 Å². The van der Waals surface area contributed by atoms with Gasteiger partial charge in [0.1, 0.15) is 4.47 Å². The average Bonchev–Trinajstić information content (AvgIpc) is 2.51. The number of hydrogen-bond donors (Lipinski definition) is 2. The van der Waals surface area contributed by atoms with Gasteiger partial charge in [-0.1, -0.05) is 0 Å². The van der Waals surface area contributed by atoms with Crippen LogP contribution < -0.4 is 16.2 Å². The van der Waals surface area contributed by atoms with Gasteiger partial charge in [-0.05, 0) is 28.1 Å². The normalized spacial score (nSPS) is 10.3. The average molecular weight is 368 g/mol. The number of non-ortho nitro benzene ring substituents is 1. The van der Waals surface area contributed by atoms with E-state index in [2.05, 4.69) is 31.7 Å². The summed E-state index contributed by atoms with van der Waals surface area (Å²) in [7, 11) is 1.58. The van der Waals surface area contributed by atoms with Crippen molar-refractivity contribution in [3.63, 3.8) is 0 Å². The summed E-state index contributed by atoms with van der Waals surface area (Å²) in [6, 6.07) is 6.18. The fourth-order valence-corrected chi connectivity index (χ4v) is 2.24. The highest BCUT2D eigenvalue weighted by atomic mass is 79.9. The van der Waals surface area contributed by atoms with E-state index in [0.29, 0.717) is 23.2 Å². The van der Waals surface area contributed by atoms with Gasteiger partial charge in [0.25, 0.3) is 11.2 Å². The van der Waals surface area contributed by atoms with Crippen molar-refractivity contribution in [3.05, 3.63) is 55.4 Å². The van der Waals surface area contributed by atoms with Crippen molar-refractivity contribution in [3.8, 4) is 0 Å². The predicted octanol–water partition coefficient (Wildman–Crippen LogP) is 1.97. The lowest BCUT2D eigenvalue weighted by Gasteiger charge is -2.10. The van der Waals surface area contributed by atoms with Gasteiger partial charge in [0.15, 0.2) is 0 Å². The second-order valence-electron chi connectivity index (χ2n) is 4.46. The minimum absolute atomic E-state index is 0.0545. The third-order valence-electron chi connectivity index (χ3n) is 2.93. The van der Waals surface area contributed by atoms with Crippen molar-refractivity contribution in [2.75, 3.05) is 23.7 Å². The third kappa shape index (κ3) is 3.82. The molecule has 1 aromatic heterocycles. The Labute approximate surface area is 134 Å². The molecule has 8 nitrogen and oxygen atoms in total. The number of benzene rings is 1. The van der Waals surface area contributed by atoms with Crippen LogP contribution in [0.2, 0.25) is 0 Å². The van der Waals surface area contributed by atoms with Crippen molar-refractivity contribution < 1.29 is 4.92 Å². The number of aromatic nitrogens is 2. The number of nitro groups is 1. The summed E-state index contributed by atoms with van der Waals surface area (Å²) in [5.41, 5.74) is 1.24. The zero-order valence-corrected chi connectivity index (χ0v) is 13.3. The first-order valence-electron chi connectivity index (χ1n) is 6.43. The number of hydrogen-bond acceptors (Lipinski definition) is 6. The molecule has 0 aliphatic rings. The Bertz CT molecular complexity index is 729. The Morgan fingerprint density at radius 3 is 2.55 bits per heavy atom. The number of halogens is 1.